The van der Waals surface area contributed by atoms with Crippen LogP contribution >= 0.6 is 11.6 Å². The third-order valence-electron chi connectivity index (χ3n) is 3.70. The van der Waals surface area contributed by atoms with Crippen molar-refractivity contribution in [1.82, 2.24) is 5.32 Å². The average molecular weight is 324 g/mol. The van der Waals surface area contributed by atoms with Gasteiger partial charge in [0.05, 0.1) is 12.1 Å². The molecule has 3 nitrogen and oxygen atoms in total. The van der Waals surface area contributed by atoms with Gasteiger partial charge < -0.3 is 10.4 Å². The number of allylic oxidation sites excluding steroid dienone is 2. The van der Waals surface area contributed by atoms with Crippen LogP contribution in [0, 0.1) is 5.92 Å². The summed E-state index contributed by atoms with van der Waals surface area (Å²) in [6, 6.07) is 9.04. The van der Waals surface area contributed by atoms with Crippen molar-refractivity contribution >= 4 is 17.5 Å². The summed E-state index contributed by atoms with van der Waals surface area (Å²) in [7, 11) is 0. The van der Waals surface area contributed by atoms with Crippen molar-refractivity contribution in [2.75, 3.05) is 5.88 Å². The van der Waals surface area contributed by atoms with Crippen molar-refractivity contribution < 1.29 is 9.90 Å². The number of alkyl halides is 1. The van der Waals surface area contributed by atoms with Crippen LogP contribution in [0.4, 0.5) is 0 Å². The van der Waals surface area contributed by atoms with E-state index >= 15 is 0 Å². The van der Waals surface area contributed by atoms with Gasteiger partial charge in [-0.1, -0.05) is 42.5 Å². The molecule has 0 aliphatic carbocycles. The minimum absolute atomic E-state index is 0.0225. The van der Waals surface area contributed by atoms with Crippen LogP contribution in [0.5, 0.6) is 0 Å². The summed E-state index contributed by atoms with van der Waals surface area (Å²) in [6.07, 6.45) is 5.51. The number of halogens is 1. The first kappa shape index (κ1) is 18.7. The highest BCUT2D eigenvalue weighted by Crippen LogP contribution is 2.18. The highest BCUT2D eigenvalue weighted by Gasteiger charge is 2.22. The molecule has 0 aliphatic heterocycles. The topological polar surface area (TPSA) is 49.3 Å². The standard InChI is InChI=1S/C18H26ClNO2/c1-3-4-9-16(12-8-13-19)18(22)20-14(2)17(21)15-10-6-5-7-11-15/h3-7,10-11,14,16-17,21H,8-9,12-13H2,1-2H3,(H,20,22)/b4-3+/t14-,16-,17+/m1/s1. The minimum Gasteiger partial charge on any atom is -0.386 e. The summed E-state index contributed by atoms with van der Waals surface area (Å²) in [6.45, 7) is 3.77. The predicted molar refractivity (Wildman–Crippen MR) is 91.9 cm³/mol. The van der Waals surface area contributed by atoms with Crippen LogP contribution < -0.4 is 5.32 Å². The fourth-order valence-electron chi connectivity index (χ4n) is 2.34. The maximum Gasteiger partial charge on any atom is 0.223 e. The van der Waals surface area contributed by atoms with E-state index in [0.717, 1.165) is 18.4 Å². The largest absolute Gasteiger partial charge is 0.386 e. The summed E-state index contributed by atoms with van der Waals surface area (Å²) in [5.74, 6) is 0.438. The number of hydrogen-bond acceptors (Lipinski definition) is 2. The molecule has 1 aromatic rings. The predicted octanol–water partition coefficient (Wildman–Crippen LogP) is 3.83. The number of hydrogen-bond donors (Lipinski definition) is 2. The highest BCUT2D eigenvalue weighted by molar-refractivity contribution is 6.17. The van der Waals surface area contributed by atoms with Crippen molar-refractivity contribution in [3.8, 4) is 0 Å². The van der Waals surface area contributed by atoms with Crippen LogP contribution in [0.1, 0.15) is 44.8 Å². The lowest BCUT2D eigenvalue weighted by molar-refractivity contribution is -0.126. The first-order valence-corrected chi connectivity index (χ1v) is 8.34. The van der Waals surface area contributed by atoms with Gasteiger partial charge in [0.25, 0.3) is 0 Å². The Labute approximate surface area is 138 Å². The lowest BCUT2D eigenvalue weighted by Gasteiger charge is -2.23. The number of rotatable bonds is 9. The maximum atomic E-state index is 12.4. The molecule has 4 heteroatoms. The van der Waals surface area contributed by atoms with Gasteiger partial charge in [-0.05, 0) is 38.7 Å². The molecule has 122 valence electrons. The van der Waals surface area contributed by atoms with Crippen LogP contribution in [0.15, 0.2) is 42.5 Å². The SMILES string of the molecule is C/C=C/C[C@H](CCCCl)C(=O)N[C@H](C)[C@H](O)c1ccccc1. The Morgan fingerprint density at radius 2 is 2.05 bits per heavy atom. The molecule has 0 heterocycles. The molecule has 0 radical (unpaired) electrons. The molecule has 0 saturated carbocycles. The summed E-state index contributed by atoms with van der Waals surface area (Å²) < 4.78 is 0. The minimum atomic E-state index is -0.708. The number of carbonyl (C=O) groups excluding carboxylic acids is 1. The first-order valence-electron chi connectivity index (χ1n) is 7.80. The molecule has 1 amide bonds. The van der Waals surface area contributed by atoms with Crippen LogP contribution in [0.25, 0.3) is 0 Å². The quantitative estimate of drug-likeness (QED) is 0.536. The van der Waals surface area contributed by atoms with E-state index in [1.807, 2.05) is 56.3 Å². The average Bonchev–Trinajstić information content (AvgIpc) is 2.54. The molecule has 0 spiro atoms. The van der Waals surface area contributed by atoms with Gasteiger partial charge in [-0.2, -0.15) is 0 Å². The Morgan fingerprint density at radius 1 is 1.36 bits per heavy atom. The van der Waals surface area contributed by atoms with Crippen LogP contribution in [-0.2, 0) is 4.79 Å². The van der Waals surface area contributed by atoms with Crippen molar-refractivity contribution in [3.05, 3.63) is 48.0 Å². The van der Waals surface area contributed by atoms with Gasteiger partial charge >= 0.3 is 0 Å². The summed E-state index contributed by atoms with van der Waals surface area (Å²) >= 11 is 5.73. The van der Waals surface area contributed by atoms with Gasteiger partial charge in [0.2, 0.25) is 5.91 Å². The summed E-state index contributed by atoms with van der Waals surface area (Å²) in [4.78, 5) is 12.4. The Hall–Kier alpha value is -1.32. The van der Waals surface area contributed by atoms with Crippen LogP contribution in [0.2, 0.25) is 0 Å². The summed E-state index contributed by atoms with van der Waals surface area (Å²) in [5.41, 5.74) is 0.807. The monoisotopic (exact) mass is 323 g/mol. The number of aliphatic hydroxyl groups is 1. The van der Waals surface area contributed by atoms with Gasteiger partial charge in [0.1, 0.15) is 0 Å². The van der Waals surface area contributed by atoms with Crippen molar-refractivity contribution in [3.63, 3.8) is 0 Å². The van der Waals surface area contributed by atoms with E-state index in [9.17, 15) is 9.90 Å². The maximum absolute atomic E-state index is 12.4. The molecular formula is C18H26ClNO2. The molecule has 22 heavy (non-hydrogen) atoms. The highest BCUT2D eigenvalue weighted by atomic mass is 35.5. The van der Waals surface area contributed by atoms with Crippen LogP contribution in [0.3, 0.4) is 0 Å². The second kappa shape index (κ2) is 10.4. The number of aliphatic hydroxyl groups excluding tert-OH is 1. The van der Waals surface area contributed by atoms with Crippen molar-refractivity contribution in [2.24, 2.45) is 5.92 Å². The van der Waals surface area contributed by atoms with Crippen molar-refractivity contribution in [2.45, 2.75) is 45.3 Å². The lowest BCUT2D eigenvalue weighted by atomic mass is 9.97. The molecule has 0 saturated heterocycles. The number of carbonyl (C=O) groups is 1. The van der Waals surface area contributed by atoms with E-state index in [-0.39, 0.29) is 17.9 Å². The van der Waals surface area contributed by atoms with Gasteiger partial charge in [-0.15, -0.1) is 11.6 Å². The van der Waals surface area contributed by atoms with E-state index in [0.29, 0.717) is 12.3 Å². The molecular weight excluding hydrogens is 298 g/mol. The van der Waals surface area contributed by atoms with Gasteiger partial charge in [0.15, 0.2) is 0 Å². The number of amides is 1. The molecule has 0 unspecified atom stereocenters. The lowest BCUT2D eigenvalue weighted by Crippen LogP contribution is -2.40. The van der Waals surface area contributed by atoms with Gasteiger partial charge in [-0.3, -0.25) is 4.79 Å². The van der Waals surface area contributed by atoms with E-state index in [1.165, 1.54) is 0 Å². The third-order valence-corrected chi connectivity index (χ3v) is 3.97. The van der Waals surface area contributed by atoms with Gasteiger partial charge in [0, 0.05) is 11.8 Å². The van der Waals surface area contributed by atoms with E-state index in [4.69, 9.17) is 11.6 Å². The second-order valence-electron chi connectivity index (χ2n) is 5.49. The van der Waals surface area contributed by atoms with Gasteiger partial charge in [-0.25, -0.2) is 0 Å². The zero-order valence-corrected chi connectivity index (χ0v) is 14.1. The summed E-state index contributed by atoms with van der Waals surface area (Å²) in [5, 5.41) is 13.3. The Bertz CT molecular complexity index is 461. The van der Waals surface area contributed by atoms with Crippen LogP contribution in [-0.4, -0.2) is 22.9 Å². The number of benzene rings is 1. The van der Waals surface area contributed by atoms with E-state index < -0.39 is 6.10 Å². The smallest absolute Gasteiger partial charge is 0.223 e. The molecule has 0 bridgehead atoms. The fraction of sp³-hybridized carbons (Fsp3) is 0.500. The third kappa shape index (κ3) is 6.20. The Morgan fingerprint density at radius 3 is 2.64 bits per heavy atom. The molecule has 2 N–H and O–H groups in total. The molecule has 1 aromatic carbocycles. The zero-order chi connectivity index (χ0) is 16.4. The second-order valence-corrected chi connectivity index (χ2v) is 5.86. The number of nitrogens with one attached hydrogen (secondary N) is 1. The van der Waals surface area contributed by atoms with E-state index in [1.54, 1.807) is 0 Å². The molecule has 0 aromatic heterocycles. The van der Waals surface area contributed by atoms with Crippen molar-refractivity contribution in [1.29, 1.82) is 0 Å². The Balaban J connectivity index is 2.62. The van der Waals surface area contributed by atoms with E-state index in [2.05, 4.69) is 5.32 Å². The fourth-order valence-corrected chi connectivity index (χ4v) is 2.49. The molecule has 0 fully saturated rings. The normalized spacial score (nSPS) is 15.5. The zero-order valence-electron chi connectivity index (χ0n) is 13.3. The molecule has 0 aliphatic rings. The molecule has 3 atom stereocenters. The molecule has 1 rings (SSSR count). The first-order chi connectivity index (χ1) is 10.6. The Kier molecular flexibility index (Phi) is 8.86.